The monoisotopic (exact) mass is 1410 g/mol. The van der Waals surface area contributed by atoms with Crippen molar-refractivity contribution in [1.82, 2.24) is 43.4 Å². The topological polar surface area (TPSA) is 226 Å². The summed E-state index contributed by atoms with van der Waals surface area (Å²) in [5.74, 6) is 0.762. The average molecular weight is 1410 g/mol. The maximum absolute atomic E-state index is 12.0. The fourth-order valence-electron chi connectivity index (χ4n) is 7.30. The van der Waals surface area contributed by atoms with Crippen molar-refractivity contribution in [3.63, 3.8) is 0 Å². The Balaban J connectivity index is 0.000000175. The van der Waals surface area contributed by atoms with Crippen LogP contribution in [0.15, 0.2) is 168 Å². The number of ether oxygens (including phenoxy) is 1. The number of halogens is 8. The van der Waals surface area contributed by atoms with Gasteiger partial charge in [0, 0.05) is 136 Å². The number of benzene rings is 3. The summed E-state index contributed by atoms with van der Waals surface area (Å²) >= 11 is 42.2. The Morgan fingerprint density at radius 1 is 0.575 bits per heavy atom. The number of fused-ring (bicyclic) bond motifs is 3. The third-order valence-corrected chi connectivity index (χ3v) is 14.1. The van der Waals surface area contributed by atoms with E-state index in [0.717, 1.165) is 49.2 Å². The minimum Gasteiger partial charge on any atom is -0.444 e. The molecule has 0 fully saturated rings. The van der Waals surface area contributed by atoms with E-state index in [2.05, 4.69) is 81.5 Å². The molecule has 0 unspecified atom stereocenters. The van der Waals surface area contributed by atoms with Crippen molar-refractivity contribution in [1.29, 1.82) is 0 Å². The van der Waals surface area contributed by atoms with E-state index in [1.807, 2.05) is 89.4 Å². The molecular formula is C59H44BBr2Cl6N15O4. The van der Waals surface area contributed by atoms with Gasteiger partial charge in [-0.3, -0.25) is 0 Å². The number of rotatable bonds is 5. The fourth-order valence-corrected chi connectivity index (χ4v) is 9.55. The largest absolute Gasteiger partial charge is 0.489 e. The van der Waals surface area contributed by atoms with E-state index >= 15 is 0 Å². The number of carbonyl (C=O) groups is 1. The van der Waals surface area contributed by atoms with Crippen LogP contribution in [0.4, 0.5) is 39.2 Å². The molecule has 0 saturated carbocycles. The molecule has 11 aromatic rings. The Morgan fingerprint density at radius 3 is 1.54 bits per heavy atom. The van der Waals surface area contributed by atoms with Crippen LogP contribution in [0.25, 0.3) is 58.6 Å². The van der Waals surface area contributed by atoms with Crippen LogP contribution in [0.5, 0.6) is 0 Å². The number of aromatic nitrogens is 8. The number of carbonyl (C=O) groups excluding carboxylic acids is 1. The molecule has 0 spiro atoms. The molecular weight excluding hydrogens is 1370 g/mol. The van der Waals surface area contributed by atoms with Gasteiger partial charge in [0.15, 0.2) is 11.4 Å². The summed E-state index contributed by atoms with van der Waals surface area (Å²) in [4.78, 5) is 45.3. The standard InChI is InChI=1S/C19H19Cl2N3O2.C14H7Cl2N3.C8H4BrN3.C6H5BCl2O2.C6H4BrN3.C6H5N3/c1-19(2,3)26-18(25)23-10-12-8-17-22-6-7-24(17)11-15(12)14-5-4-13(20)9-16(14)21;1-17-13-7-14-18-4-5-19(14)8-11(13)10-3-2-9(15)6-12(10)16;1-10-7-4-8-11-2-3-12(8)5-6(7)9;8-4-1-2-5(7(10)11)6(9)3-4;1-9-5-2-6(8)10-3-4(5)7;1-8-5-2-3-9-6(7)4-5/h4-9,11H,10H2,1-3H3,(H,23,25);2-8H;2-5H;1-3,10-11H;2-3H,(H2,8,10);2-4H,(H2,7,9). The van der Waals surface area contributed by atoms with E-state index in [1.54, 1.807) is 67.1 Å². The van der Waals surface area contributed by atoms with Gasteiger partial charge in [-0.1, -0.05) is 120 Å². The van der Waals surface area contributed by atoms with Gasteiger partial charge in [0.2, 0.25) is 11.4 Å². The molecule has 438 valence electrons. The zero-order chi connectivity index (χ0) is 63.5. The number of imidazole rings is 3. The van der Waals surface area contributed by atoms with E-state index < -0.39 is 18.8 Å². The highest BCUT2D eigenvalue weighted by Crippen LogP contribution is 2.38. The fraction of sp³-hybridized carbons (Fsp3) is 0.0847. The maximum Gasteiger partial charge on any atom is 0.489 e. The third kappa shape index (κ3) is 19.8. The lowest BCUT2D eigenvalue weighted by Gasteiger charge is -2.20. The zero-order valence-electron chi connectivity index (χ0n) is 45.6. The molecule has 8 aromatic heterocycles. The molecule has 0 radical (unpaired) electrons. The van der Waals surface area contributed by atoms with E-state index in [9.17, 15) is 4.79 Å². The molecule has 0 atom stereocenters. The Labute approximate surface area is 546 Å². The Morgan fingerprint density at radius 2 is 1.06 bits per heavy atom. The number of hydrogen-bond donors (Lipinski definition) is 5. The van der Waals surface area contributed by atoms with Gasteiger partial charge < -0.3 is 44.8 Å². The van der Waals surface area contributed by atoms with Crippen molar-refractivity contribution in [3.05, 3.63) is 249 Å². The van der Waals surface area contributed by atoms with Gasteiger partial charge in [-0.15, -0.1) is 0 Å². The molecule has 0 aliphatic heterocycles. The van der Waals surface area contributed by atoms with E-state index in [0.29, 0.717) is 64.0 Å². The van der Waals surface area contributed by atoms with Crippen LogP contribution in [0.1, 0.15) is 26.3 Å². The summed E-state index contributed by atoms with van der Waals surface area (Å²) in [6.07, 6.45) is 18.8. The Bertz CT molecular complexity index is 4440. The third-order valence-electron chi connectivity index (χ3n) is 11.2. The number of alkyl carbamates (subject to hydrolysis) is 1. The van der Waals surface area contributed by atoms with Crippen LogP contribution in [0.2, 0.25) is 30.1 Å². The highest BCUT2D eigenvalue weighted by Gasteiger charge is 2.19. The molecule has 8 heterocycles. The molecule has 0 saturated heterocycles. The SMILES string of the molecule is CC(C)(C)OC(=O)NCc1cc2nccn2cc1-c1ccc(Cl)cc1Cl.OB(O)c1ccc(Cl)cc1Cl.[C-]#[N+]c1cc(N)ncc1Br.[C-]#[N+]c1cc2nccn2cc1-c1ccc(Cl)cc1Cl.[C-]#[N+]c1cc2nccn2cc1Br.[C-]#[N+]c1ccnc(N)c1. The quantitative estimate of drug-likeness (QED) is 0.0804. The lowest BCUT2D eigenvalue weighted by atomic mass is 9.80. The van der Waals surface area contributed by atoms with Gasteiger partial charge in [0.25, 0.3) is 0 Å². The van der Waals surface area contributed by atoms with Crippen LogP contribution in [-0.2, 0) is 11.3 Å². The number of hydrogen-bond acceptors (Lipinski definition) is 11. The van der Waals surface area contributed by atoms with Crippen molar-refractivity contribution < 1.29 is 19.6 Å². The molecule has 28 heteroatoms. The van der Waals surface area contributed by atoms with Crippen LogP contribution in [0.3, 0.4) is 0 Å². The van der Waals surface area contributed by atoms with Crippen molar-refractivity contribution in [2.24, 2.45) is 0 Å². The first-order chi connectivity index (χ1) is 41.4. The summed E-state index contributed by atoms with van der Waals surface area (Å²) in [5.41, 5.74) is 18.9. The summed E-state index contributed by atoms with van der Waals surface area (Å²) in [6, 6.07) is 25.1. The summed E-state index contributed by atoms with van der Waals surface area (Å²) in [6.45, 7) is 33.2. The minimum atomic E-state index is -1.54. The van der Waals surface area contributed by atoms with Gasteiger partial charge in [-0.2, -0.15) is 0 Å². The number of pyridine rings is 5. The Kier molecular flexibility index (Phi) is 24.7. The number of nitrogens with one attached hydrogen (secondary N) is 1. The smallest absolute Gasteiger partial charge is 0.444 e. The molecule has 3 aromatic carbocycles. The van der Waals surface area contributed by atoms with Crippen LogP contribution < -0.4 is 22.2 Å². The highest BCUT2D eigenvalue weighted by atomic mass is 79.9. The lowest BCUT2D eigenvalue weighted by molar-refractivity contribution is 0.0523. The molecule has 0 aliphatic rings. The second-order valence-corrected chi connectivity index (χ2v) is 22.7. The first-order valence-electron chi connectivity index (χ1n) is 24.8. The zero-order valence-corrected chi connectivity index (χ0v) is 53.3. The van der Waals surface area contributed by atoms with E-state index in [-0.39, 0.29) is 17.0 Å². The predicted molar refractivity (Wildman–Crippen MR) is 354 cm³/mol. The molecule has 0 bridgehead atoms. The lowest BCUT2D eigenvalue weighted by Crippen LogP contribution is -2.32. The van der Waals surface area contributed by atoms with Crippen molar-refractivity contribution in [2.45, 2.75) is 32.9 Å². The molecule has 19 nitrogen and oxygen atoms in total. The van der Waals surface area contributed by atoms with Crippen molar-refractivity contribution in [2.75, 3.05) is 11.5 Å². The van der Waals surface area contributed by atoms with E-state index in [1.165, 1.54) is 36.7 Å². The first-order valence-corrected chi connectivity index (χ1v) is 28.6. The molecule has 7 N–H and O–H groups in total. The highest BCUT2D eigenvalue weighted by molar-refractivity contribution is 9.11. The first kappa shape index (κ1) is 67.7. The van der Waals surface area contributed by atoms with E-state index in [4.69, 9.17) is 122 Å². The van der Waals surface area contributed by atoms with Crippen molar-refractivity contribution in [3.8, 4) is 22.3 Å². The number of anilines is 2. The van der Waals surface area contributed by atoms with Gasteiger partial charge in [0.05, 0.1) is 26.3 Å². The number of nitrogens with two attached hydrogens (primary N) is 2. The van der Waals surface area contributed by atoms with Crippen molar-refractivity contribution >= 4 is 171 Å². The Hall–Kier alpha value is -8.46. The summed E-state index contributed by atoms with van der Waals surface area (Å²) in [7, 11) is -1.54. The number of amides is 1. The van der Waals surface area contributed by atoms with Crippen LogP contribution in [0, 0.1) is 26.3 Å². The maximum atomic E-state index is 12.0. The second kappa shape index (κ2) is 31.8. The van der Waals surface area contributed by atoms with Gasteiger partial charge in [-0.05, 0) is 105 Å². The van der Waals surface area contributed by atoms with Crippen LogP contribution in [-0.4, -0.2) is 67.0 Å². The molecule has 11 rings (SSSR count). The van der Waals surface area contributed by atoms with Gasteiger partial charge in [-0.25, -0.2) is 49.1 Å². The molecule has 0 aliphatic carbocycles. The van der Waals surface area contributed by atoms with Crippen LogP contribution >= 0.6 is 101 Å². The van der Waals surface area contributed by atoms with Gasteiger partial charge >= 0.3 is 13.2 Å². The minimum absolute atomic E-state index is 0.257. The predicted octanol–water partition coefficient (Wildman–Crippen LogP) is 16.7. The summed E-state index contributed by atoms with van der Waals surface area (Å²) < 4.78 is 12.4. The molecule has 1 amide bonds. The van der Waals surface area contributed by atoms with Gasteiger partial charge in [0.1, 0.15) is 34.2 Å². The second-order valence-electron chi connectivity index (χ2n) is 18.5. The molecule has 87 heavy (non-hydrogen) atoms. The summed E-state index contributed by atoms with van der Waals surface area (Å²) in [5, 5.41) is 23.2. The average Bonchev–Trinajstić information content (AvgIpc) is 3.88. The number of nitrogen functional groups attached to an aromatic ring is 2. The normalized spacial score (nSPS) is 10.3. The number of nitrogens with zero attached hydrogens (tertiary/aromatic N) is 12.